The molecule has 0 heterocycles. The van der Waals surface area contributed by atoms with Gasteiger partial charge in [-0.05, 0) is 25.6 Å². The van der Waals surface area contributed by atoms with Crippen molar-refractivity contribution in [1.82, 2.24) is 5.32 Å². The first-order valence-electron chi connectivity index (χ1n) is 3.56. The molecule has 0 spiro atoms. The highest BCUT2D eigenvalue weighted by Crippen LogP contribution is 2.00. The van der Waals surface area contributed by atoms with Crippen molar-refractivity contribution in [2.24, 2.45) is 0 Å². The number of hydrogen-bond acceptors (Lipinski definition) is 1. The first kappa shape index (κ1) is 9.76. The summed E-state index contributed by atoms with van der Waals surface area (Å²) in [6.45, 7) is 11.2. The van der Waals surface area contributed by atoms with Crippen LogP contribution in [0.1, 0.15) is 13.8 Å². The Labute approximate surface area is 68.8 Å². The topological polar surface area (TPSA) is 12.0 Å². The van der Waals surface area contributed by atoms with Gasteiger partial charge in [0, 0.05) is 5.70 Å². The zero-order valence-electron chi connectivity index (χ0n) is 7.22. The monoisotopic (exact) mass is 149 g/mol. The first-order valence-corrected chi connectivity index (χ1v) is 3.56. The fraction of sp³-hybridized carbons (Fsp3) is 0.200. The summed E-state index contributed by atoms with van der Waals surface area (Å²) in [5.41, 5.74) is 2.29. The zero-order chi connectivity index (χ0) is 8.69. The molecule has 0 aromatic rings. The molecule has 0 aliphatic heterocycles. The van der Waals surface area contributed by atoms with Crippen molar-refractivity contribution < 1.29 is 0 Å². The highest BCUT2D eigenvalue weighted by Gasteiger charge is 1.87. The van der Waals surface area contributed by atoms with Crippen LogP contribution in [0.5, 0.6) is 0 Å². The zero-order valence-corrected chi connectivity index (χ0v) is 7.22. The van der Waals surface area contributed by atoms with Gasteiger partial charge in [-0.15, -0.1) is 0 Å². The average Bonchev–Trinajstić information content (AvgIpc) is 2.00. The summed E-state index contributed by atoms with van der Waals surface area (Å²) in [6.07, 6.45) is 7.33. The van der Waals surface area contributed by atoms with Crippen LogP contribution in [0.2, 0.25) is 0 Å². The largest absolute Gasteiger partial charge is 0.366 e. The third-order valence-electron chi connectivity index (χ3n) is 1.39. The highest BCUT2D eigenvalue weighted by atomic mass is 14.8. The molecular formula is C10H15N. The minimum Gasteiger partial charge on any atom is -0.366 e. The molecule has 0 amide bonds. The van der Waals surface area contributed by atoms with Gasteiger partial charge in [-0.3, -0.25) is 0 Å². The van der Waals surface area contributed by atoms with Gasteiger partial charge in [0.05, 0.1) is 0 Å². The van der Waals surface area contributed by atoms with Crippen molar-refractivity contribution in [3.63, 3.8) is 0 Å². The summed E-state index contributed by atoms with van der Waals surface area (Å²) in [5.74, 6) is 0. The van der Waals surface area contributed by atoms with Crippen molar-refractivity contribution in [3.8, 4) is 0 Å². The lowest BCUT2D eigenvalue weighted by molar-refractivity contribution is 1.03. The summed E-state index contributed by atoms with van der Waals surface area (Å²) < 4.78 is 0. The van der Waals surface area contributed by atoms with E-state index >= 15 is 0 Å². The van der Waals surface area contributed by atoms with Crippen molar-refractivity contribution in [1.29, 1.82) is 0 Å². The van der Waals surface area contributed by atoms with Crippen LogP contribution in [-0.4, -0.2) is 0 Å². The Morgan fingerprint density at radius 3 is 2.36 bits per heavy atom. The van der Waals surface area contributed by atoms with E-state index in [4.69, 9.17) is 0 Å². The summed E-state index contributed by atoms with van der Waals surface area (Å²) in [5, 5.41) is 3.01. The van der Waals surface area contributed by atoms with Crippen LogP contribution in [0.4, 0.5) is 0 Å². The van der Waals surface area contributed by atoms with Gasteiger partial charge >= 0.3 is 0 Å². The van der Waals surface area contributed by atoms with Gasteiger partial charge in [0.25, 0.3) is 0 Å². The maximum atomic E-state index is 3.59. The number of nitrogens with one attached hydrogen (secondary N) is 1. The molecule has 0 saturated carbocycles. The van der Waals surface area contributed by atoms with Gasteiger partial charge in [-0.2, -0.15) is 0 Å². The second-order valence-corrected chi connectivity index (χ2v) is 2.25. The van der Waals surface area contributed by atoms with Crippen molar-refractivity contribution in [2.45, 2.75) is 13.8 Å². The van der Waals surface area contributed by atoms with Crippen LogP contribution in [0, 0.1) is 0 Å². The molecule has 0 radical (unpaired) electrons. The molecule has 60 valence electrons. The highest BCUT2D eigenvalue weighted by molar-refractivity contribution is 5.24. The minimum atomic E-state index is 1.11. The Hall–Kier alpha value is -1.24. The molecule has 11 heavy (non-hydrogen) atoms. The van der Waals surface area contributed by atoms with Crippen molar-refractivity contribution in [2.75, 3.05) is 0 Å². The van der Waals surface area contributed by atoms with E-state index in [1.165, 1.54) is 5.57 Å². The number of allylic oxidation sites excluding steroid dienone is 5. The van der Waals surface area contributed by atoms with Gasteiger partial charge in [-0.1, -0.05) is 31.4 Å². The number of rotatable bonds is 4. The van der Waals surface area contributed by atoms with Gasteiger partial charge in [0.1, 0.15) is 0 Å². The molecule has 1 heteroatoms. The Bertz CT molecular complexity index is 197. The van der Waals surface area contributed by atoms with E-state index in [2.05, 4.69) is 18.5 Å². The molecule has 0 aromatic carbocycles. The van der Waals surface area contributed by atoms with Crippen LogP contribution < -0.4 is 5.32 Å². The third kappa shape index (κ3) is 4.20. The van der Waals surface area contributed by atoms with E-state index in [1.54, 1.807) is 12.3 Å². The van der Waals surface area contributed by atoms with Crippen LogP contribution in [0.15, 0.2) is 48.9 Å². The minimum absolute atomic E-state index is 1.11. The van der Waals surface area contributed by atoms with Crippen LogP contribution >= 0.6 is 0 Å². The van der Waals surface area contributed by atoms with Crippen LogP contribution in [0.3, 0.4) is 0 Å². The standard InChI is InChI=1S/C10H15N/c1-5-7-8-9(3)10(4)11-6-2/h5-8,11H,1-2H2,3-4H3/b8-7-,10-9+. The van der Waals surface area contributed by atoms with E-state index in [9.17, 15) is 0 Å². The summed E-state index contributed by atoms with van der Waals surface area (Å²) in [4.78, 5) is 0. The molecule has 0 unspecified atom stereocenters. The predicted octanol–water partition coefficient (Wildman–Crippen LogP) is 2.76. The molecule has 0 rings (SSSR count). The molecule has 0 atom stereocenters. The second-order valence-electron chi connectivity index (χ2n) is 2.25. The molecule has 1 nitrogen and oxygen atoms in total. The van der Waals surface area contributed by atoms with E-state index in [1.807, 2.05) is 26.0 Å². The van der Waals surface area contributed by atoms with Crippen LogP contribution in [0.25, 0.3) is 0 Å². The Morgan fingerprint density at radius 2 is 1.91 bits per heavy atom. The molecule has 0 bridgehead atoms. The van der Waals surface area contributed by atoms with E-state index < -0.39 is 0 Å². The maximum Gasteiger partial charge on any atom is 0.0144 e. The summed E-state index contributed by atoms with van der Waals surface area (Å²) >= 11 is 0. The predicted molar refractivity (Wildman–Crippen MR) is 51.0 cm³/mol. The van der Waals surface area contributed by atoms with Gasteiger partial charge in [0.15, 0.2) is 0 Å². The molecule has 1 N–H and O–H groups in total. The summed E-state index contributed by atoms with van der Waals surface area (Å²) in [7, 11) is 0. The summed E-state index contributed by atoms with van der Waals surface area (Å²) in [6, 6.07) is 0. The average molecular weight is 149 g/mol. The molecular weight excluding hydrogens is 134 g/mol. The Balaban J connectivity index is 4.25. The maximum absolute atomic E-state index is 3.59. The molecule has 0 saturated heterocycles. The number of hydrogen-bond donors (Lipinski definition) is 1. The quantitative estimate of drug-likeness (QED) is 0.606. The Kier molecular flexibility index (Phi) is 4.91. The SMILES string of the molecule is C=C/C=C\C(C)=C(/C)NC=C. The normalized spacial score (nSPS) is 12.5. The van der Waals surface area contributed by atoms with E-state index in [0.29, 0.717) is 0 Å². The fourth-order valence-corrected chi connectivity index (χ4v) is 0.604. The third-order valence-corrected chi connectivity index (χ3v) is 1.39. The lowest BCUT2D eigenvalue weighted by Gasteiger charge is -2.01. The lowest BCUT2D eigenvalue weighted by atomic mass is 10.2. The van der Waals surface area contributed by atoms with Gasteiger partial charge < -0.3 is 5.32 Å². The Morgan fingerprint density at radius 1 is 1.27 bits per heavy atom. The molecule has 0 aliphatic carbocycles. The first-order chi connectivity index (χ1) is 5.22. The van der Waals surface area contributed by atoms with E-state index in [-0.39, 0.29) is 0 Å². The van der Waals surface area contributed by atoms with Crippen molar-refractivity contribution in [3.05, 3.63) is 48.9 Å². The smallest absolute Gasteiger partial charge is 0.0144 e. The molecule has 0 fully saturated rings. The van der Waals surface area contributed by atoms with Gasteiger partial charge in [-0.25, -0.2) is 0 Å². The fourth-order valence-electron chi connectivity index (χ4n) is 0.604. The van der Waals surface area contributed by atoms with E-state index in [0.717, 1.165) is 5.70 Å². The lowest BCUT2D eigenvalue weighted by Crippen LogP contribution is -2.01. The molecule has 0 aliphatic rings. The van der Waals surface area contributed by atoms with Crippen LogP contribution in [-0.2, 0) is 0 Å². The van der Waals surface area contributed by atoms with Gasteiger partial charge in [0.2, 0.25) is 0 Å². The van der Waals surface area contributed by atoms with Crippen molar-refractivity contribution >= 4 is 0 Å². The second kappa shape index (κ2) is 5.54. The molecule has 0 aromatic heterocycles.